The van der Waals surface area contributed by atoms with Crippen molar-refractivity contribution < 1.29 is 18.7 Å². The summed E-state index contributed by atoms with van der Waals surface area (Å²) in [6.07, 6.45) is 0. The number of methoxy groups -OCH3 is 1. The molecule has 2 rings (SSSR count). The van der Waals surface area contributed by atoms with Crippen molar-refractivity contribution in [1.82, 2.24) is 5.32 Å². The summed E-state index contributed by atoms with van der Waals surface area (Å²) < 4.78 is 23.3. The molecule has 0 saturated heterocycles. The van der Waals surface area contributed by atoms with E-state index in [0.717, 1.165) is 11.3 Å². The maximum atomic E-state index is 12.9. The molecule has 0 spiro atoms. The third-order valence-corrected chi connectivity index (χ3v) is 3.18. The van der Waals surface area contributed by atoms with Gasteiger partial charge in [0.2, 0.25) is 0 Å². The number of nitrogens with one attached hydrogen (secondary N) is 1. The van der Waals surface area contributed by atoms with Gasteiger partial charge >= 0.3 is 0 Å². The number of carbonyl (C=O) groups is 1. The van der Waals surface area contributed by atoms with E-state index in [1.54, 1.807) is 43.5 Å². The van der Waals surface area contributed by atoms with E-state index in [0.29, 0.717) is 5.75 Å². The summed E-state index contributed by atoms with van der Waals surface area (Å²) in [5.41, 5.74) is 0.833. The molecule has 1 N–H and O–H groups in total. The minimum Gasteiger partial charge on any atom is -0.497 e. The Bertz CT molecular complexity index is 611. The van der Waals surface area contributed by atoms with Gasteiger partial charge in [0.1, 0.15) is 17.3 Å². The molecular weight excluding hydrogens is 285 g/mol. The predicted molar refractivity (Wildman–Crippen MR) is 81.4 cm³/mol. The fourth-order valence-electron chi connectivity index (χ4n) is 1.94. The number of rotatable bonds is 6. The van der Waals surface area contributed by atoms with Crippen LogP contribution in [0.5, 0.6) is 11.5 Å². The lowest BCUT2D eigenvalue weighted by Crippen LogP contribution is -2.31. The van der Waals surface area contributed by atoms with Gasteiger partial charge in [-0.3, -0.25) is 4.79 Å². The molecule has 0 aliphatic rings. The quantitative estimate of drug-likeness (QED) is 0.892. The van der Waals surface area contributed by atoms with Crippen molar-refractivity contribution in [2.24, 2.45) is 0 Å². The molecule has 1 amide bonds. The van der Waals surface area contributed by atoms with Gasteiger partial charge in [-0.25, -0.2) is 4.39 Å². The summed E-state index contributed by atoms with van der Waals surface area (Å²) in [7, 11) is 1.58. The SMILES string of the molecule is COc1ccc(OCC(=O)N[C@H](C)c2ccc(F)cc2)cc1. The molecule has 4 nitrogen and oxygen atoms in total. The first-order valence-electron chi connectivity index (χ1n) is 6.90. The highest BCUT2D eigenvalue weighted by Crippen LogP contribution is 2.17. The standard InChI is InChI=1S/C17H18FNO3/c1-12(13-3-5-14(18)6-4-13)19-17(20)11-22-16-9-7-15(21-2)8-10-16/h3-10,12H,11H2,1-2H3,(H,19,20)/t12-/m1/s1. The van der Waals surface area contributed by atoms with Crippen LogP contribution in [-0.2, 0) is 4.79 Å². The van der Waals surface area contributed by atoms with Gasteiger partial charge in [-0.05, 0) is 48.9 Å². The van der Waals surface area contributed by atoms with E-state index in [-0.39, 0.29) is 24.4 Å². The van der Waals surface area contributed by atoms with E-state index < -0.39 is 0 Å². The zero-order valence-corrected chi connectivity index (χ0v) is 12.5. The van der Waals surface area contributed by atoms with Crippen molar-refractivity contribution in [1.29, 1.82) is 0 Å². The second kappa shape index (κ2) is 7.45. The average Bonchev–Trinajstić information content (AvgIpc) is 2.54. The molecule has 5 heteroatoms. The summed E-state index contributed by atoms with van der Waals surface area (Å²) in [5, 5.41) is 2.80. The van der Waals surface area contributed by atoms with Crippen LogP contribution in [0.4, 0.5) is 4.39 Å². The van der Waals surface area contributed by atoms with Crippen molar-refractivity contribution in [3.05, 3.63) is 59.9 Å². The molecular formula is C17H18FNO3. The summed E-state index contributed by atoms with van der Waals surface area (Å²) in [5.74, 6) is 0.768. The molecule has 0 saturated carbocycles. The van der Waals surface area contributed by atoms with Crippen LogP contribution in [0.15, 0.2) is 48.5 Å². The number of hydrogen-bond donors (Lipinski definition) is 1. The lowest BCUT2D eigenvalue weighted by molar-refractivity contribution is -0.123. The third-order valence-electron chi connectivity index (χ3n) is 3.18. The van der Waals surface area contributed by atoms with Gasteiger partial charge in [0.15, 0.2) is 6.61 Å². The Labute approximate surface area is 128 Å². The zero-order chi connectivity index (χ0) is 15.9. The average molecular weight is 303 g/mol. The van der Waals surface area contributed by atoms with E-state index >= 15 is 0 Å². The molecule has 0 aliphatic carbocycles. The van der Waals surface area contributed by atoms with E-state index in [1.165, 1.54) is 12.1 Å². The Hall–Kier alpha value is -2.56. The third kappa shape index (κ3) is 4.48. The van der Waals surface area contributed by atoms with Gasteiger partial charge in [-0.1, -0.05) is 12.1 Å². The molecule has 22 heavy (non-hydrogen) atoms. The van der Waals surface area contributed by atoms with Crippen LogP contribution < -0.4 is 14.8 Å². The van der Waals surface area contributed by atoms with Crippen LogP contribution in [0, 0.1) is 5.82 Å². The predicted octanol–water partition coefficient (Wildman–Crippen LogP) is 3.09. The Morgan fingerprint density at radius 2 is 1.68 bits per heavy atom. The highest BCUT2D eigenvalue weighted by Gasteiger charge is 2.10. The van der Waals surface area contributed by atoms with Gasteiger partial charge in [0, 0.05) is 0 Å². The van der Waals surface area contributed by atoms with Crippen molar-refractivity contribution in [3.63, 3.8) is 0 Å². The van der Waals surface area contributed by atoms with Gasteiger partial charge in [0.25, 0.3) is 5.91 Å². The molecule has 0 radical (unpaired) electrons. The Balaban J connectivity index is 1.83. The minimum absolute atomic E-state index is 0.0855. The summed E-state index contributed by atoms with van der Waals surface area (Å²) >= 11 is 0. The number of benzene rings is 2. The topological polar surface area (TPSA) is 47.6 Å². The highest BCUT2D eigenvalue weighted by molar-refractivity contribution is 5.78. The van der Waals surface area contributed by atoms with Crippen LogP contribution in [-0.4, -0.2) is 19.6 Å². The molecule has 0 aromatic heterocycles. The Kier molecular flexibility index (Phi) is 5.36. The number of halogens is 1. The van der Waals surface area contributed by atoms with Gasteiger partial charge < -0.3 is 14.8 Å². The number of carbonyl (C=O) groups excluding carboxylic acids is 1. The van der Waals surface area contributed by atoms with Gasteiger partial charge in [-0.15, -0.1) is 0 Å². The number of ether oxygens (including phenoxy) is 2. The normalized spacial score (nSPS) is 11.6. The second-order valence-electron chi connectivity index (χ2n) is 4.80. The van der Waals surface area contributed by atoms with Crippen LogP contribution in [0.3, 0.4) is 0 Å². The number of amides is 1. The Morgan fingerprint density at radius 1 is 1.09 bits per heavy atom. The smallest absolute Gasteiger partial charge is 0.258 e. The van der Waals surface area contributed by atoms with Crippen LogP contribution >= 0.6 is 0 Å². The van der Waals surface area contributed by atoms with E-state index in [4.69, 9.17) is 9.47 Å². The molecule has 0 bridgehead atoms. The second-order valence-corrected chi connectivity index (χ2v) is 4.80. The molecule has 2 aromatic rings. The van der Waals surface area contributed by atoms with Crippen LogP contribution in [0.1, 0.15) is 18.5 Å². The molecule has 0 fully saturated rings. The molecule has 0 aliphatic heterocycles. The lowest BCUT2D eigenvalue weighted by Gasteiger charge is -2.14. The van der Waals surface area contributed by atoms with E-state index in [2.05, 4.69) is 5.32 Å². The van der Waals surface area contributed by atoms with Gasteiger partial charge in [-0.2, -0.15) is 0 Å². The fourth-order valence-corrected chi connectivity index (χ4v) is 1.94. The molecule has 2 aromatic carbocycles. The zero-order valence-electron chi connectivity index (χ0n) is 12.5. The maximum Gasteiger partial charge on any atom is 0.258 e. The summed E-state index contributed by atoms with van der Waals surface area (Å²) in [6.45, 7) is 1.75. The molecule has 0 heterocycles. The van der Waals surface area contributed by atoms with Gasteiger partial charge in [0.05, 0.1) is 13.2 Å². The van der Waals surface area contributed by atoms with Crippen molar-refractivity contribution >= 4 is 5.91 Å². The summed E-state index contributed by atoms with van der Waals surface area (Å²) in [4.78, 5) is 11.9. The van der Waals surface area contributed by atoms with Crippen LogP contribution in [0.25, 0.3) is 0 Å². The molecule has 116 valence electrons. The molecule has 0 unspecified atom stereocenters. The van der Waals surface area contributed by atoms with E-state index in [9.17, 15) is 9.18 Å². The Morgan fingerprint density at radius 3 is 2.27 bits per heavy atom. The maximum absolute atomic E-state index is 12.9. The van der Waals surface area contributed by atoms with E-state index in [1.807, 2.05) is 6.92 Å². The molecule has 1 atom stereocenters. The first-order valence-corrected chi connectivity index (χ1v) is 6.90. The first kappa shape index (κ1) is 15.8. The van der Waals surface area contributed by atoms with Crippen molar-refractivity contribution in [3.8, 4) is 11.5 Å². The monoisotopic (exact) mass is 303 g/mol. The summed E-state index contributed by atoms with van der Waals surface area (Å²) in [6, 6.07) is 12.8. The van der Waals surface area contributed by atoms with Crippen molar-refractivity contribution in [2.75, 3.05) is 13.7 Å². The van der Waals surface area contributed by atoms with Crippen molar-refractivity contribution in [2.45, 2.75) is 13.0 Å². The first-order chi connectivity index (χ1) is 10.6. The lowest BCUT2D eigenvalue weighted by atomic mass is 10.1. The highest BCUT2D eigenvalue weighted by atomic mass is 19.1. The van der Waals surface area contributed by atoms with Crippen LogP contribution in [0.2, 0.25) is 0 Å². The number of hydrogen-bond acceptors (Lipinski definition) is 3. The largest absolute Gasteiger partial charge is 0.497 e. The fraction of sp³-hybridized carbons (Fsp3) is 0.235. The minimum atomic E-state index is -0.301.